The molecule has 1 fully saturated rings. The van der Waals surface area contributed by atoms with E-state index in [1.165, 1.54) is 5.56 Å². The Morgan fingerprint density at radius 3 is 2.47 bits per heavy atom. The highest BCUT2D eigenvalue weighted by atomic mass is 16.5. The SMILES string of the molecule is C/C=C/CC(CCC)OC(=O)C1CCN(Cc2ccc(Nc3nccc(Nc4ccnc(-c5cccc(C)n5)n4)n3)cc2)CC1. The molecule has 1 atom stereocenters. The number of carbonyl (C=O) groups excluding carboxylic acids is 1. The molecule has 0 bridgehead atoms. The van der Waals surface area contributed by atoms with Crippen LogP contribution in [0.1, 0.15) is 57.2 Å². The number of piperidine rings is 1. The topological polar surface area (TPSA) is 118 Å². The lowest BCUT2D eigenvalue weighted by Crippen LogP contribution is -2.37. The summed E-state index contributed by atoms with van der Waals surface area (Å²) >= 11 is 0. The first-order valence-electron chi connectivity index (χ1n) is 15.8. The molecular weight excluding hydrogens is 564 g/mol. The number of nitrogens with zero attached hydrogens (tertiary/aromatic N) is 6. The summed E-state index contributed by atoms with van der Waals surface area (Å²) in [5.41, 5.74) is 3.74. The fraction of sp³-hybridized carbons (Fsp3) is 0.371. The molecule has 4 heterocycles. The van der Waals surface area contributed by atoms with Crippen LogP contribution in [-0.2, 0) is 16.1 Å². The quantitative estimate of drug-likeness (QED) is 0.121. The Hall–Kier alpha value is -4.70. The molecule has 1 saturated heterocycles. The summed E-state index contributed by atoms with van der Waals surface area (Å²) in [4.78, 5) is 37.6. The smallest absolute Gasteiger partial charge is 0.309 e. The van der Waals surface area contributed by atoms with Crippen LogP contribution in [0.4, 0.5) is 23.3 Å². The number of hydrogen-bond acceptors (Lipinski definition) is 10. The molecule has 0 amide bonds. The zero-order valence-corrected chi connectivity index (χ0v) is 26.3. The van der Waals surface area contributed by atoms with Crippen LogP contribution >= 0.6 is 0 Å². The molecule has 45 heavy (non-hydrogen) atoms. The molecule has 10 heteroatoms. The van der Waals surface area contributed by atoms with Gasteiger partial charge in [-0.3, -0.25) is 9.69 Å². The monoisotopic (exact) mass is 606 g/mol. The van der Waals surface area contributed by atoms with Crippen LogP contribution in [0.3, 0.4) is 0 Å². The largest absolute Gasteiger partial charge is 0.462 e. The summed E-state index contributed by atoms with van der Waals surface area (Å²) in [6.45, 7) is 8.68. The third kappa shape index (κ3) is 9.39. The number of allylic oxidation sites excluding steroid dienone is 1. The summed E-state index contributed by atoms with van der Waals surface area (Å²) in [7, 11) is 0. The molecule has 2 N–H and O–H groups in total. The van der Waals surface area contributed by atoms with Crippen molar-refractivity contribution < 1.29 is 9.53 Å². The second kappa shape index (κ2) is 15.9. The van der Waals surface area contributed by atoms with Crippen molar-refractivity contribution in [2.45, 2.75) is 65.5 Å². The van der Waals surface area contributed by atoms with E-state index >= 15 is 0 Å². The lowest BCUT2D eigenvalue weighted by Gasteiger charge is -2.31. The molecule has 3 aromatic heterocycles. The maximum Gasteiger partial charge on any atom is 0.309 e. The van der Waals surface area contributed by atoms with Crippen molar-refractivity contribution >= 4 is 29.2 Å². The van der Waals surface area contributed by atoms with Crippen molar-refractivity contribution in [1.82, 2.24) is 29.8 Å². The minimum Gasteiger partial charge on any atom is -0.462 e. The Morgan fingerprint density at radius 2 is 1.73 bits per heavy atom. The highest BCUT2D eigenvalue weighted by Crippen LogP contribution is 2.24. The Bertz CT molecular complexity index is 1570. The Kier molecular flexibility index (Phi) is 11.2. The standard InChI is InChI=1S/C35H42N8O2/c1-4-6-10-29(8-5-2)45-34(44)27-18-22-43(23-19-27)24-26-12-14-28(15-13-26)39-35-37-21-17-32(42-35)40-31-16-20-36-33(41-31)30-11-7-9-25(3)38-30/h4,6-7,9,11-17,20-21,27,29H,5,8,10,18-19,22-24H2,1-3H3,(H2,36,37,39,40,41,42)/b6-4+. The molecule has 1 unspecified atom stereocenters. The molecular formula is C35H42N8O2. The van der Waals surface area contributed by atoms with Gasteiger partial charge in [0.05, 0.1) is 5.92 Å². The maximum absolute atomic E-state index is 12.8. The van der Waals surface area contributed by atoms with E-state index in [9.17, 15) is 4.79 Å². The highest BCUT2D eigenvalue weighted by molar-refractivity contribution is 5.72. The Balaban J connectivity index is 1.11. The van der Waals surface area contributed by atoms with Gasteiger partial charge in [-0.15, -0.1) is 0 Å². The van der Waals surface area contributed by atoms with Crippen LogP contribution in [0.5, 0.6) is 0 Å². The van der Waals surface area contributed by atoms with Crippen LogP contribution in [0, 0.1) is 12.8 Å². The number of nitrogens with one attached hydrogen (secondary N) is 2. The minimum absolute atomic E-state index is 0.00966. The Morgan fingerprint density at radius 1 is 0.978 bits per heavy atom. The van der Waals surface area contributed by atoms with E-state index in [1.54, 1.807) is 24.5 Å². The molecule has 234 valence electrons. The number of hydrogen-bond donors (Lipinski definition) is 2. The van der Waals surface area contributed by atoms with Gasteiger partial charge >= 0.3 is 5.97 Å². The molecule has 10 nitrogen and oxygen atoms in total. The molecule has 4 aromatic rings. The summed E-state index contributed by atoms with van der Waals surface area (Å²) < 4.78 is 5.87. The zero-order valence-electron chi connectivity index (χ0n) is 26.3. The Labute approximate surface area is 265 Å². The van der Waals surface area contributed by atoms with Gasteiger partial charge in [0.2, 0.25) is 5.95 Å². The van der Waals surface area contributed by atoms with E-state index in [2.05, 4.69) is 65.6 Å². The van der Waals surface area contributed by atoms with Crippen LogP contribution < -0.4 is 10.6 Å². The lowest BCUT2D eigenvalue weighted by molar-refractivity contribution is -0.156. The molecule has 1 aromatic carbocycles. The van der Waals surface area contributed by atoms with Gasteiger partial charge in [0.15, 0.2) is 5.82 Å². The summed E-state index contributed by atoms with van der Waals surface area (Å²) in [5, 5.41) is 6.52. The molecule has 0 aliphatic carbocycles. The van der Waals surface area contributed by atoms with Gasteiger partial charge in [-0.05, 0) is 88.2 Å². The summed E-state index contributed by atoms with van der Waals surface area (Å²) in [6.07, 6.45) is 11.9. The number of likely N-dealkylation sites (tertiary alicyclic amines) is 1. The third-order valence-electron chi connectivity index (χ3n) is 7.75. The first-order valence-corrected chi connectivity index (χ1v) is 15.8. The number of aryl methyl sites for hydroxylation is 1. The molecule has 0 spiro atoms. The number of aromatic nitrogens is 5. The third-order valence-corrected chi connectivity index (χ3v) is 7.75. The van der Waals surface area contributed by atoms with E-state index in [-0.39, 0.29) is 18.0 Å². The van der Waals surface area contributed by atoms with Crippen molar-refractivity contribution in [3.8, 4) is 11.5 Å². The van der Waals surface area contributed by atoms with Crippen molar-refractivity contribution in [3.63, 3.8) is 0 Å². The van der Waals surface area contributed by atoms with Crippen LogP contribution in [0.25, 0.3) is 11.5 Å². The molecule has 0 saturated carbocycles. The fourth-order valence-electron chi connectivity index (χ4n) is 5.34. The second-order valence-electron chi connectivity index (χ2n) is 11.3. The molecule has 5 rings (SSSR count). The molecule has 0 radical (unpaired) electrons. The number of pyridine rings is 1. The van der Waals surface area contributed by atoms with Crippen LogP contribution in [0.2, 0.25) is 0 Å². The van der Waals surface area contributed by atoms with E-state index in [0.717, 1.165) is 63.1 Å². The first kappa shape index (κ1) is 31.7. The summed E-state index contributed by atoms with van der Waals surface area (Å²) in [6, 6.07) is 17.6. The van der Waals surface area contributed by atoms with E-state index in [1.807, 2.05) is 50.3 Å². The van der Waals surface area contributed by atoms with Gasteiger partial charge in [0.1, 0.15) is 23.4 Å². The minimum atomic E-state index is -0.0316. The molecule has 1 aliphatic rings. The number of ether oxygens (including phenoxy) is 1. The van der Waals surface area contributed by atoms with Gasteiger partial charge in [-0.2, -0.15) is 4.98 Å². The van der Waals surface area contributed by atoms with Crippen molar-refractivity contribution in [1.29, 1.82) is 0 Å². The van der Waals surface area contributed by atoms with Crippen molar-refractivity contribution in [3.05, 3.63) is 90.4 Å². The van der Waals surface area contributed by atoms with Gasteiger partial charge in [-0.25, -0.2) is 19.9 Å². The van der Waals surface area contributed by atoms with Crippen LogP contribution in [-0.4, -0.2) is 55.0 Å². The van der Waals surface area contributed by atoms with Crippen molar-refractivity contribution in [2.75, 3.05) is 23.7 Å². The highest BCUT2D eigenvalue weighted by Gasteiger charge is 2.27. The first-order chi connectivity index (χ1) is 22.0. The van der Waals surface area contributed by atoms with E-state index in [0.29, 0.717) is 29.1 Å². The van der Waals surface area contributed by atoms with Crippen molar-refractivity contribution in [2.24, 2.45) is 5.92 Å². The zero-order chi connectivity index (χ0) is 31.4. The number of benzene rings is 1. The number of rotatable bonds is 13. The second-order valence-corrected chi connectivity index (χ2v) is 11.3. The van der Waals surface area contributed by atoms with Crippen LogP contribution in [0.15, 0.2) is 79.1 Å². The number of esters is 1. The molecule has 1 aliphatic heterocycles. The average molecular weight is 607 g/mol. The average Bonchev–Trinajstić information content (AvgIpc) is 3.05. The normalized spacial score (nSPS) is 14.7. The van der Waals surface area contributed by atoms with Gasteiger partial charge in [0.25, 0.3) is 0 Å². The maximum atomic E-state index is 12.8. The van der Waals surface area contributed by atoms with Gasteiger partial charge in [-0.1, -0.05) is 43.7 Å². The predicted molar refractivity (Wildman–Crippen MR) is 177 cm³/mol. The summed E-state index contributed by atoms with van der Waals surface area (Å²) in [5.74, 6) is 2.20. The predicted octanol–water partition coefficient (Wildman–Crippen LogP) is 7.01. The van der Waals surface area contributed by atoms with E-state index in [4.69, 9.17) is 4.74 Å². The number of carbonyl (C=O) groups is 1. The van der Waals surface area contributed by atoms with Gasteiger partial charge < -0.3 is 15.4 Å². The number of anilines is 4. The fourth-order valence-corrected chi connectivity index (χ4v) is 5.34. The van der Waals surface area contributed by atoms with E-state index < -0.39 is 0 Å². The lowest BCUT2D eigenvalue weighted by atomic mass is 9.96. The van der Waals surface area contributed by atoms with Gasteiger partial charge in [0, 0.05) is 36.7 Å².